The molecule has 0 saturated heterocycles. The highest BCUT2D eigenvalue weighted by atomic mass is 19.1. The van der Waals surface area contributed by atoms with Crippen LogP contribution in [-0.2, 0) is 6.42 Å². The molecule has 0 amide bonds. The molecule has 4 heteroatoms. The van der Waals surface area contributed by atoms with E-state index in [1.54, 1.807) is 12.1 Å². The smallest absolute Gasteiger partial charge is 0.123 e. The van der Waals surface area contributed by atoms with Crippen molar-refractivity contribution in [3.8, 4) is 5.69 Å². The van der Waals surface area contributed by atoms with Gasteiger partial charge in [-0.1, -0.05) is 0 Å². The van der Waals surface area contributed by atoms with Gasteiger partial charge in [0, 0.05) is 5.69 Å². The number of halogens is 1. The summed E-state index contributed by atoms with van der Waals surface area (Å²) in [6.45, 7) is 0.714. The molecule has 1 aromatic heterocycles. The fourth-order valence-electron chi connectivity index (χ4n) is 2.95. The van der Waals surface area contributed by atoms with Gasteiger partial charge in [0.15, 0.2) is 0 Å². The molecule has 3 rings (SSSR count). The molecular weight excluding hydrogens is 241 g/mol. The number of aromatic nitrogens is 2. The van der Waals surface area contributed by atoms with E-state index in [9.17, 15) is 4.39 Å². The maximum atomic E-state index is 13.0. The van der Waals surface area contributed by atoms with Crippen LogP contribution in [0.1, 0.15) is 36.4 Å². The van der Waals surface area contributed by atoms with Gasteiger partial charge in [0.2, 0.25) is 0 Å². The predicted molar refractivity (Wildman–Crippen MR) is 72.9 cm³/mol. The second kappa shape index (κ2) is 5.13. The lowest BCUT2D eigenvalue weighted by Gasteiger charge is -2.22. The third kappa shape index (κ3) is 2.28. The van der Waals surface area contributed by atoms with Crippen LogP contribution in [0, 0.1) is 5.82 Å². The van der Waals surface area contributed by atoms with Gasteiger partial charge in [0.1, 0.15) is 5.82 Å². The molecule has 1 aliphatic carbocycles. The van der Waals surface area contributed by atoms with Crippen molar-refractivity contribution in [2.24, 2.45) is 5.73 Å². The summed E-state index contributed by atoms with van der Waals surface area (Å²) in [6, 6.07) is 6.50. The largest absolute Gasteiger partial charge is 0.330 e. The zero-order valence-electron chi connectivity index (χ0n) is 10.8. The molecule has 1 heterocycles. The third-order valence-corrected chi connectivity index (χ3v) is 3.89. The number of fused-ring (bicyclic) bond motifs is 1. The van der Waals surface area contributed by atoms with Crippen LogP contribution in [0.15, 0.2) is 30.5 Å². The van der Waals surface area contributed by atoms with Crippen LogP contribution in [0.4, 0.5) is 4.39 Å². The lowest BCUT2D eigenvalue weighted by molar-refractivity contribution is 0.518. The van der Waals surface area contributed by atoms with Crippen molar-refractivity contribution in [3.63, 3.8) is 0 Å². The van der Waals surface area contributed by atoms with Gasteiger partial charge in [0.05, 0.1) is 11.9 Å². The Hall–Kier alpha value is -1.68. The maximum Gasteiger partial charge on any atom is 0.123 e. The van der Waals surface area contributed by atoms with E-state index in [2.05, 4.69) is 5.10 Å². The third-order valence-electron chi connectivity index (χ3n) is 3.89. The first-order valence-corrected chi connectivity index (χ1v) is 6.82. The van der Waals surface area contributed by atoms with Crippen molar-refractivity contribution in [1.29, 1.82) is 0 Å². The molecule has 1 aliphatic rings. The zero-order chi connectivity index (χ0) is 13.2. The fraction of sp³-hybridized carbons (Fsp3) is 0.400. The van der Waals surface area contributed by atoms with E-state index in [1.165, 1.54) is 36.2 Å². The Balaban J connectivity index is 1.98. The lowest BCUT2D eigenvalue weighted by atomic mass is 9.85. The SMILES string of the molecule is NCCC1CCCc2c1cnn2-c1ccc(F)cc1. The highest BCUT2D eigenvalue weighted by Crippen LogP contribution is 2.34. The summed E-state index contributed by atoms with van der Waals surface area (Å²) in [5.74, 6) is 0.314. The van der Waals surface area contributed by atoms with Crippen LogP contribution < -0.4 is 5.73 Å². The molecule has 0 radical (unpaired) electrons. The molecule has 100 valence electrons. The van der Waals surface area contributed by atoms with Gasteiger partial charge in [-0.25, -0.2) is 9.07 Å². The predicted octanol–water partition coefficient (Wildman–Crippen LogP) is 2.78. The Morgan fingerprint density at radius 3 is 2.84 bits per heavy atom. The number of benzene rings is 1. The summed E-state index contributed by atoms with van der Waals surface area (Å²) >= 11 is 0. The van der Waals surface area contributed by atoms with Crippen LogP contribution in [0.5, 0.6) is 0 Å². The van der Waals surface area contributed by atoms with E-state index >= 15 is 0 Å². The topological polar surface area (TPSA) is 43.8 Å². The van der Waals surface area contributed by atoms with Crippen LogP contribution >= 0.6 is 0 Å². The van der Waals surface area contributed by atoms with Gasteiger partial charge < -0.3 is 5.73 Å². The van der Waals surface area contributed by atoms with Crippen molar-refractivity contribution < 1.29 is 4.39 Å². The van der Waals surface area contributed by atoms with Gasteiger partial charge in [-0.3, -0.25) is 0 Å². The summed E-state index contributed by atoms with van der Waals surface area (Å²) in [4.78, 5) is 0. The second-order valence-electron chi connectivity index (χ2n) is 5.10. The molecular formula is C15H18FN3. The quantitative estimate of drug-likeness (QED) is 0.921. The minimum absolute atomic E-state index is 0.217. The van der Waals surface area contributed by atoms with E-state index < -0.39 is 0 Å². The normalized spacial score (nSPS) is 18.3. The minimum Gasteiger partial charge on any atom is -0.330 e. The Morgan fingerprint density at radius 1 is 1.32 bits per heavy atom. The molecule has 1 atom stereocenters. The first-order chi connectivity index (χ1) is 9.29. The van der Waals surface area contributed by atoms with Crippen molar-refractivity contribution in [2.75, 3.05) is 6.54 Å². The highest BCUT2D eigenvalue weighted by Gasteiger charge is 2.24. The summed E-state index contributed by atoms with van der Waals surface area (Å²) < 4.78 is 14.9. The molecule has 2 aromatic rings. The second-order valence-corrected chi connectivity index (χ2v) is 5.10. The molecule has 0 bridgehead atoms. The Bertz CT molecular complexity index is 559. The van der Waals surface area contributed by atoms with Crippen LogP contribution in [0.25, 0.3) is 5.69 Å². The van der Waals surface area contributed by atoms with E-state index in [1.807, 2.05) is 10.9 Å². The standard InChI is InChI=1S/C15H18FN3/c16-12-4-6-13(7-5-12)19-15-3-1-2-11(8-9-17)14(15)10-18-19/h4-7,10-11H,1-3,8-9,17H2. The van der Waals surface area contributed by atoms with E-state index in [0.717, 1.165) is 18.5 Å². The molecule has 0 fully saturated rings. The average Bonchev–Trinajstić information content (AvgIpc) is 2.85. The maximum absolute atomic E-state index is 13.0. The van der Waals surface area contributed by atoms with Crippen LogP contribution in [0.3, 0.4) is 0 Å². The van der Waals surface area contributed by atoms with Crippen LogP contribution in [0.2, 0.25) is 0 Å². The molecule has 19 heavy (non-hydrogen) atoms. The van der Waals surface area contributed by atoms with Gasteiger partial charge in [-0.2, -0.15) is 5.10 Å². The van der Waals surface area contributed by atoms with E-state index in [0.29, 0.717) is 12.5 Å². The lowest BCUT2D eigenvalue weighted by Crippen LogP contribution is -2.15. The first kappa shape index (κ1) is 12.4. The molecule has 2 N–H and O–H groups in total. The highest BCUT2D eigenvalue weighted by molar-refractivity contribution is 5.37. The molecule has 3 nitrogen and oxygen atoms in total. The van der Waals surface area contributed by atoms with E-state index in [4.69, 9.17) is 5.73 Å². The van der Waals surface area contributed by atoms with Crippen molar-refractivity contribution >= 4 is 0 Å². The minimum atomic E-state index is -0.217. The molecule has 1 aromatic carbocycles. The first-order valence-electron chi connectivity index (χ1n) is 6.82. The Morgan fingerprint density at radius 2 is 2.11 bits per heavy atom. The van der Waals surface area contributed by atoms with Gasteiger partial charge >= 0.3 is 0 Å². The van der Waals surface area contributed by atoms with E-state index in [-0.39, 0.29) is 5.82 Å². The van der Waals surface area contributed by atoms with Crippen molar-refractivity contribution in [1.82, 2.24) is 9.78 Å². The van der Waals surface area contributed by atoms with Crippen molar-refractivity contribution in [3.05, 3.63) is 47.5 Å². The molecule has 0 spiro atoms. The Kier molecular flexibility index (Phi) is 3.34. The van der Waals surface area contributed by atoms with Crippen molar-refractivity contribution in [2.45, 2.75) is 31.6 Å². The van der Waals surface area contributed by atoms with Gasteiger partial charge in [-0.05, 0) is 68.0 Å². The summed E-state index contributed by atoms with van der Waals surface area (Å²) in [5, 5.41) is 4.48. The molecule has 1 unspecified atom stereocenters. The molecule has 0 saturated carbocycles. The number of nitrogens with two attached hydrogens (primary N) is 1. The number of hydrogen-bond donors (Lipinski definition) is 1. The Labute approximate surface area is 112 Å². The average molecular weight is 259 g/mol. The zero-order valence-corrected chi connectivity index (χ0v) is 10.8. The summed E-state index contributed by atoms with van der Waals surface area (Å²) in [6.07, 6.45) is 6.37. The summed E-state index contributed by atoms with van der Waals surface area (Å²) in [7, 11) is 0. The fourth-order valence-corrected chi connectivity index (χ4v) is 2.95. The van der Waals surface area contributed by atoms with Gasteiger partial charge in [0.25, 0.3) is 0 Å². The molecule has 0 aliphatic heterocycles. The van der Waals surface area contributed by atoms with Gasteiger partial charge in [-0.15, -0.1) is 0 Å². The monoisotopic (exact) mass is 259 g/mol. The van der Waals surface area contributed by atoms with Crippen LogP contribution in [-0.4, -0.2) is 16.3 Å². The number of nitrogens with zero attached hydrogens (tertiary/aromatic N) is 2. The summed E-state index contributed by atoms with van der Waals surface area (Å²) in [5.41, 5.74) is 9.19. The number of rotatable bonds is 3. The number of hydrogen-bond acceptors (Lipinski definition) is 2.